The maximum absolute atomic E-state index is 11.6. The van der Waals surface area contributed by atoms with E-state index < -0.39 is 0 Å². The molecule has 2 N–H and O–H groups in total. The molecular formula is C17H25N3O2. The third-order valence-corrected chi connectivity index (χ3v) is 3.29. The summed E-state index contributed by atoms with van der Waals surface area (Å²) in [6.07, 6.45) is 3.14. The van der Waals surface area contributed by atoms with E-state index in [1.54, 1.807) is 6.08 Å². The number of carbonyl (C=O) groups excluding carboxylic acids is 2. The van der Waals surface area contributed by atoms with Crippen molar-refractivity contribution in [3.63, 3.8) is 0 Å². The molecule has 1 aromatic rings. The van der Waals surface area contributed by atoms with Crippen LogP contribution >= 0.6 is 0 Å². The molecule has 0 saturated heterocycles. The van der Waals surface area contributed by atoms with Crippen LogP contribution in [0.3, 0.4) is 0 Å². The summed E-state index contributed by atoms with van der Waals surface area (Å²) in [6, 6.07) is 9.54. The van der Waals surface area contributed by atoms with Gasteiger partial charge in [-0.1, -0.05) is 44.2 Å². The van der Waals surface area contributed by atoms with E-state index in [0.717, 1.165) is 25.2 Å². The van der Waals surface area contributed by atoms with Gasteiger partial charge in [0.2, 0.25) is 11.8 Å². The fraction of sp³-hybridized carbons (Fsp3) is 0.412. The van der Waals surface area contributed by atoms with Gasteiger partial charge in [-0.25, -0.2) is 0 Å². The first-order valence-electron chi connectivity index (χ1n) is 7.65. The first-order valence-corrected chi connectivity index (χ1v) is 7.65. The van der Waals surface area contributed by atoms with Gasteiger partial charge in [-0.3, -0.25) is 9.59 Å². The molecule has 0 saturated carbocycles. The van der Waals surface area contributed by atoms with Crippen molar-refractivity contribution >= 4 is 17.9 Å². The highest BCUT2D eigenvalue weighted by Crippen LogP contribution is 2.00. The molecular weight excluding hydrogens is 278 g/mol. The first-order chi connectivity index (χ1) is 10.7. The van der Waals surface area contributed by atoms with E-state index in [1.807, 2.05) is 30.3 Å². The van der Waals surface area contributed by atoms with Crippen LogP contribution in [0.2, 0.25) is 0 Å². The van der Waals surface area contributed by atoms with Crippen LogP contribution in [0.1, 0.15) is 19.4 Å². The summed E-state index contributed by atoms with van der Waals surface area (Å²) in [4.78, 5) is 25.4. The van der Waals surface area contributed by atoms with Crippen molar-refractivity contribution in [2.45, 2.75) is 13.8 Å². The lowest BCUT2D eigenvalue weighted by atomic mass is 10.2. The lowest BCUT2D eigenvalue weighted by molar-refractivity contribution is -0.123. The quantitative estimate of drug-likeness (QED) is 0.676. The molecule has 0 atom stereocenters. The SMILES string of the molecule is CCN(CC)CCNC(=O)CNC(=O)/C=C/c1ccccc1. The minimum atomic E-state index is -0.275. The summed E-state index contributed by atoms with van der Waals surface area (Å²) in [5.74, 6) is -0.448. The zero-order valence-corrected chi connectivity index (χ0v) is 13.3. The topological polar surface area (TPSA) is 61.4 Å². The normalized spacial score (nSPS) is 10.9. The van der Waals surface area contributed by atoms with Gasteiger partial charge in [-0.2, -0.15) is 0 Å². The zero-order valence-electron chi connectivity index (χ0n) is 13.3. The standard InChI is InChI=1S/C17H25N3O2/c1-3-20(4-2)13-12-18-17(22)14-19-16(21)11-10-15-8-6-5-7-9-15/h5-11H,3-4,12-14H2,1-2H3,(H,18,22)(H,19,21)/b11-10+. The molecule has 22 heavy (non-hydrogen) atoms. The minimum absolute atomic E-state index is 0.00376. The van der Waals surface area contributed by atoms with Crippen LogP contribution in [0.25, 0.3) is 6.08 Å². The van der Waals surface area contributed by atoms with Crippen molar-refractivity contribution in [3.05, 3.63) is 42.0 Å². The molecule has 120 valence electrons. The van der Waals surface area contributed by atoms with Crippen molar-refractivity contribution < 1.29 is 9.59 Å². The molecule has 5 nitrogen and oxygen atoms in total. The average molecular weight is 303 g/mol. The van der Waals surface area contributed by atoms with Gasteiger partial charge >= 0.3 is 0 Å². The van der Waals surface area contributed by atoms with Crippen molar-refractivity contribution in [1.82, 2.24) is 15.5 Å². The second kappa shape index (κ2) is 10.6. The van der Waals surface area contributed by atoms with Gasteiger partial charge in [0.1, 0.15) is 0 Å². The molecule has 0 radical (unpaired) electrons. The van der Waals surface area contributed by atoms with Crippen LogP contribution in [-0.4, -0.2) is 49.4 Å². The predicted octanol–water partition coefficient (Wildman–Crippen LogP) is 1.27. The Morgan fingerprint density at radius 1 is 1.09 bits per heavy atom. The van der Waals surface area contributed by atoms with E-state index in [0.29, 0.717) is 6.54 Å². The molecule has 0 heterocycles. The molecule has 0 aliphatic heterocycles. The van der Waals surface area contributed by atoms with Crippen molar-refractivity contribution in [2.24, 2.45) is 0 Å². The second-order valence-electron chi connectivity index (χ2n) is 4.84. The Balaban J connectivity index is 2.20. The van der Waals surface area contributed by atoms with Gasteiger partial charge in [0.05, 0.1) is 6.54 Å². The number of rotatable bonds is 9. The maximum Gasteiger partial charge on any atom is 0.244 e. The Bertz CT molecular complexity index is 482. The van der Waals surface area contributed by atoms with Gasteiger partial charge in [0.25, 0.3) is 0 Å². The van der Waals surface area contributed by atoms with E-state index in [2.05, 4.69) is 29.4 Å². The Morgan fingerprint density at radius 2 is 1.77 bits per heavy atom. The average Bonchev–Trinajstić information content (AvgIpc) is 2.56. The number of hydrogen-bond donors (Lipinski definition) is 2. The molecule has 1 aromatic carbocycles. The van der Waals surface area contributed by atoms with Gasteiger partial charge in [-0.15, -0.1) is 0 Å². The first kappa shape index (κ1) is 17.9. The van der Waals surface area contributed by atoms with Crippen LogP contribution in [0.15, 0.2) is 36.4 Å². The van der Waals surface area contributed by atoms with Crippen LogP contribution in [-0.2, 0) is 9.59 Å². The molecule has 0 aromatic heterocycles. The monoisotopic (exact) mass is 303 g/mol. The Morgan fingerprint density at radius 3 is 2.41 bits per heavy atom. The fourth-order valence-electron chi connectivity index (χ4n) is 1.92. The minimum Gasteiger partial charge on any atom is -0.353 e. The Labute approximate surface area is 132 Å². The molecule has 0 fully saturated rings. The highest BCUT2D eigenvalue weighted by Gasteiger charge is 2.04. The van der Waals surface area contributed by atoms with Gasteiger partial charge in [0, 0.05) is 19.2 Å². The molecule has 1 rings (SSSR count). The van der Waals surface area contributed by atoms with E-state index in [4.69, 9.17) is 0 Å². The van der Waals surface area contributed by atoms with Crippen LogP contribution in [0.4, 0.5) is 0 Å². The van der Waals surface area contributed by atoms with Crippen LogP contribution in [0, 0.1) is 0 Å². The third-order valence-electron chi connectivity index (χ3n) is 3.29. The summed E-state index contributed by atoms with van der Waals surface area (Å²) in [5, 5.41) is 5.36. The van der Waals surface area contributed by atoms with Gasteiger partial charge in [0.15, 0.2) is 0 Å². The highest BCUT2D eigenvalue weighted by molar-refractivity contribution is 5.94. The largest absolute Gasteiger partial charge is 0.353 e. The summed E-state index contributed by atoms with van der Waals surface area (Å²) < 4.78 is 0. The molecule has 0 unspecified atom stereocenters. The van der Waals surface area contributed by atoms with Crippen molar-refractivity contribution in [1.29, 1.82) is 0 Å². The number of benzene rings is 1. The number of nitrogens with zero attached hydrogens (tertiary/aromatic N) is 1. The molecule has 0 spiro atoms. The smallest absolute Gasteiger partial charge is 0.244 e. The Kier molecular flexibility index (Phi) is 8.60. The maximum atomic E-state index is 11.6. The van der Waals surface area contributed by atoms with Crippen molar-refractivity contribution in [3.8, 4) is 0 Å². The van der Waals surface area contributed by atoms with E-state index >= 15 is 0 Å². The van der Waals surface area contributed by atoms with Crippen LogP contribution < -0.4 is 10.6 Å². The third kappa shape index (κ3) is 7.59. The summed E-state index contributed by atoms with van der Waals surface area (Å²) in [7, 11) is 0. The highest BCUT2D eigenvalue weighted by atomic mass is 16.2. The number of nitrogens with one attached hydrogen (secondary N) is 2. The van der Waals surface area contributed by atoms with Crippen LogP contribution in [0.5, 0.6) is 0 Å². The van der Waals surface area contributed by atoms with Gasteiger partial charge in [-0.05, 0) is 24.7 Å². The second-order valence-corrected chi connectivity index (χ2v) is 4.84. The fourth-order valence-corrected chi connectivity index (χ4v) is 1.92. The zero-order chi connectivity index (χ0) is 16.2. The van der Waals surface area contributed by atoms with Crippen molar-refractivity contribution in [2.75, 3.05) is 32.7 Å². The summed E-state index contributed by atoms with van der Waals surface area (Å²) in [6.45, 7) is 7.52. The predicted molar refractivity (Wildman–Crippen MR) is 89.3 cm³/mol. The number of hydrogen-bond acceptors (Lipinski definition) is 3. The lowest BCUT2D eigenvalue weighted by Crippen LogP contribution is -2.40. The number of amides is 2. The number of likely N-dealkylation sites (N-methyl/N-ethyl adjacent to an activating group) is 1. The lowest BCUT2D eigenvalue weighted by Gasteiger charge is -2.17. The summed E-state index contributed by atoms with van der Waals surface area (Å²) >= 11 is 0. The molecule has 0 bridgehead atoms. The van der Waals surface area contributed by atoms with E-state index in [1.165, 1.54) is 6.08 Å². The summed E-state index contributed by atoms with van der Waals surface area (Å²) in [5.41, 5.74) is 0.946. The molecule has 5 heteroatoms. The molecule has 0 aliphatic carbocycles. The Hall–Kier alpha value is -2.14. The molecule has 0 aliphatic rings. The van der Waals surface area contributed by atoms with Gasteiger partial charge < -0.3 is 15.5 Å². The molecule has 2 amide bonds. The van der Waals surface area contributed by atoms with E-state index in [-0.39, 0.29) is 18.4 Å². The van der Waals surface area contributed by atoms with E-state index in [9.17, 15) is 9.59 Å². The number of carbonyl (C=O) groups is 2.